The maximum Gasteiger partial charge on any atom is 0.573 e. The lowest BCUT2D eigenvalue weighted by Crippen LogP contribution is -2.34. The largest absolute Gasteiger partial charge is 0.573 e. The lowest BCUT2D eigenvalue weighted by atomic mass is 10.0. The van der Waals surface area contributed by atoms with Crippen molar-refractivity contribution >= 4 is 17.7 Å². The zero-order chi connectivity index (χ0) is 20.1. The van der Waals surface area contributed by atoms with E-state index in [1.165, 1.54) is 0 Å². The standard InChI is InChI=1S/C16H21ClF3NO5/c1-15(2,3)26-14(24)21-7-6-12(22)13(23)10-5-4-9(8-11(10)17)25-16(18,19)20/h4-5,8,12-13,22-23H,6-7H2,1-3H3,(H,21,24). The van der Waals surface area contributed by atoms with Gasteiger partial charge in [-0.05, 0) is 39.3 Å². The number of alkyl carbamates (subject to hydrolysis) is 1. The van der Waals surface area contributed by atoms with Crippen LogP contribution in [0.5, 0.6) is 5.75 Å². The summed E-state index contributed by atoms with van der Waals surface area (Å²) >= 11 is 5.85. The van der Waals surface area contributed by atoms with Gasteiger partial charge >= 0.3 is 12.5 Å². The summed E-state index contributed by atoms with van der Waals surface area (Å²) in [5.74, 6) is -0.542. The molecule has 3 N–H and O–H groups in total. The molecule has 1 rings (SSSR count). The fourth-order valence-electron chi connectivity index (χ4n) is 1.95. The summed E-state index contributed by atoms with van der Waals surface area (Å²) in [4.78, 5) is 11.5. The number of ether oxygens (including phenoxy) is 2. The average molecular weight is 400 g/mol. The van der Waals surface area contributed by atoms with Crippen LogP contribution >= 0.6 is 11.6 Å². The quantitative estimate of drug-likeness (QED) is 0.681. The molecule has 1 aromatic rings. The Morgan fingerprint density at radius 3 is 2.38 bits per heavy atom. The minimum absolute atomic E-state index is 0.0139. The summed E-state index contributed by atoms with van der Waals surface area (Å²) in [5.41, 5.74) is -0.637. The molecular weight excluding hydrogens is 379 g/mol. The maximum absolute atomic E-state index is 12.2. The molecule has 0 aliphatic rings. The second kappa shape index (κ2) is 8.79. The summed E-state index contributed by atoms with van der Waals surface area (Å²) in [6, 6.07) is 2.99. The first-order valence-corrected chi connectivity index (χ1v) is 8.04. The lowest BCUT2D eigenvalue weighted by Gasteiger charge is -2.22. The van der Waals surface area contributed by atoms with Gasteiger partial charge in [0.2, 0.25) is 0 Å². The number of hydrogen-bond acceptors (Lipinski definition) is 5. The monoisotopic (exact) mass is 399 g/mol. The molecule has 1 aromatic carbocycles. The Balaban J connectivity index is 2.60. The second-order valence-electron chi connectivity index (χ2n) is 6.46. The number of hydrogen-bond donors (Lipinski definition) is 3. The van der Waals surface area contributed by atoms with Gasteiger partial charge in [0.1, 0.15) is 17.5 Å². The minimum Gasteiger partial charge on any atom is -0.444 e. The number of aliphatic hydroxyl groups is 2. The number of halogens is 4. The van der Waals surface area contributed by atoms with Crippen LogP contribution in [0.1, 0.15) is 38.9 Å². The summed E-state index contributed by atoms with van der Waals surface area (Å²) in [5, 5.41) is 22.3. The molecule has 0 aliphatic heterocycles. The van der Waals surface area contributed by atoms with Crippen molar-refractivity contribution in [2.24, 2.45) is 0 Å². The first kappa shape index (κ1) is 22.3. The predicted octanol–water partition coefficient (Wildman–Crippen LogP) is 3.55. The summed E-state index contributed by atoms with van der Waals surface area (Å²) < 4.78 is 45.2. The van der Waals surface area contributed by atoms with Crippen molar-refractivity contribution in [2.75, 3.05) is 6.54 Å². The van der Waals surface area contributed by atoms with Gasteiger partial charge in [-0.25, -0.2) is 4.79 Å². The molecule has 148 valence electrons. The van der Waals surface area contributed by atoms with Crippen molar-refractivity contribution in [3.05, 3.63) is 28.8 Å². The van der Waals surface area contributed by atoms with Gasteiger partial charge < -0.3 is 25.0 Å². The maximum atomic E-state index is 12.2. The van der Waals surface area contributed by atoms with E-state index >= 15 is 0 Å². The summed E-state index contributed by atoms with van der Waals surface area (Å²) in [6.07, 6.45) is -8.33. The summed E-state index contributed by atoms with van der Waals surface area (Å²) in [6.45, 7) is 5.10. The Hall–Kier alpha value is -1.71. The zero-order valence-corrected chi connectivity index (χ0v) is 15.2. The fourth-order valence-corrected chi connectivity index (χ4v) is 2.23. The normalized spacial score (nSPS) is 14.5. The minimum atomic E-state index is -4.86. The third-order valence-electron chi connectivity index (χ3n) is 3.00. The SMILES string of the molecule is CC(C)(C)OC(=O)NCCC(O)C(O)c1ccc(OC(F)(F)F)cc1Cl. The van der Waals surface area contributed by atoms with Gasteiger partial charge in [-0.3, -0.25) is 0 Å². The molecule has 0 spiro atoms. The van der Waals surface area contributed by atoms with Crippen molar-refractivity contribution < 1.29 is 37.7 Å². The molecule has 26 heavy (non-hydrogen) atoms. The predicted molar refractivity (Wildman–Crippen MR) is 88.0 cm³/mol. The van der Waals surface area contributed by atoms with Crippen LogP contribution in [0.15, 0.2) is 18.2 Å². The third-order valence-corrected chi connectivity index (χ3v) is 3.32. The van der Waals surface area contributed by atoms with Crippen LogP contribution in [-0.4, -0.2) is 40.9 Å². The van der Waals surface area contributed by atoms with Crippen LogP contribution in [0.4, 0.5) is 18.0 Å². The number of rotatable bonds is 6. The molecule has 0 aliphatic carbocycles. The second-order valence-corrected chi connectivity index (χ2v) is 6.87. The van der Waals surface area contributed by atoms with Gasteiger partial charge in [0.05, 0.1) is 11.1 Å². The molecule has 1 amide bonds. The van der Waals surface area contributed by atoms with Gasteiger partial charge in [0, 0.05) is 12.1 Å². The molecule has 0 saturated heterocycles. The van der Waals surface area contributed by atoms with E-state index in [0.29, 0.717) is 0 Å². The molecule has 0 heterocycles. The van der Waals surface area contributed by atoms with Crippen LogP contribution in [-0.2, 0) is 4.74 Å². The first-order chi connectivity index (χ1) is 11.8. The fraction of sp³-hybridized carbons (Fsp3) is 0.562. The molecule has 0 saturated carbocycles. The number of carbonyl (C=O) groups is 1. The van der Waals surface area contributed by atoms with Crippen LogP contribution in [0.25, 0.3) is 0 Å². The number of amides is 1. The third kappa shape index (κ3) is 8.11. The Morgan fingerprint density at radius 2 is 1.88 bits per heavy atom. The van der Waals surface area contributed by atoms with Crippen molar-refractivity contribution in [3.8, 4) is 5.75 Å². The number of carbonyl (C=O) groups excluding carboxylic acids is 1. The topological polar surface area (TPSA) is 88.0 Å². The molecule has 0 fully saturated rings. The van der Waals surface area contributed by atoms with Crippen molar-refractivity contribution in [3.63, 3.8) is 0 Å². The van der Waals surface area contributed by atoms with Gasteiger partial charge in [-0.15, -0.1) is 13.2 Å². The first-order valence-electron chi connectivity index (χ1n) is 7.66. The number of alkyl halides is 3. The van der Waals surface area contributed by atoms with Crippen molar-refractivity contribution in [1.29, 1.82) is 0 Å². The van der Waals surface area contributed by atoms with Crippen molar-refractivity contribution in [2.45, 2.75) is 51.4 Å². The highest BCUT2D eigenvalue weighted by atomic mass is 35.5. The highest BCUT2D eigenvalue weighted by molar-refractivity contribution is 6.31. The van der Waals surface area contributed by atoms with E-state index in [0.717, 1.165) is 18.2 Å². The number of aliphatic hydroxyl groups excluding tert-OH is 2. The van der Waals surface area contributed by atoms with E-state index in [1.807, 2.05) is 0 Å². The van der Waals surface area contributed by atoms with Gasteiger partial charge in [-0.1, -0.05) is 17.7 Å². The summed E-state index contributed by atoms with van der Waals surface area (Å²) in [7, 11) is 0. The molecule has 2 atom stereocenters. The lowest BCUT2D eigenvalue weighted by molar-refractivity contribution is -0.274. The van der Waals surface area contributed by atoms with Crippen molar-refractivity contribution in [1.82, 2.24) is 5.32 Å². The van der Waals surface area contributed by atoms with E-state index in [2.05, 4.69) is 10.1 Å². The van der Waals surface area contributed by atoms with Gasteiger partial charge in [0.25, 0.3) is 0 Å². The molecule has 0 radical (unpaired) electrons. The Kier molecular flexibility index (Phi) is 7.55. The Labute approximate surface area is 153 Å². The molecular formula is C16H21ClF3NO5. The zero-order valence-electron chi connectivity index (χ0n) is 14.4. The van der Waals surface area contributed by atoms with Crippen LogP contribution in [0, 0.1) is 0 Å². The van der Waals surface area contributed by atoms with E-state index in [1.54, 1.807) is 20.8 Å². The van der Waals surface area contributed by atoms with Crippen LogP contribution in [0.2, 0.25) is 5.02 Å². The highest BCUT2D eigenvalue weighted by Crippen LogP contribution is 2.32. The molecule has 10 heteroatoms. The van der Waals surface area contributed by atoms with E-state index in [-0.39, 0.29) is 23.6 Å². The Bertz CT molecular complexity index is 619. The van der Waals surface area contributed by atoms with E-state index < -0.39 is 36.0 Å². The van der Waals surface area contributed by atoms with Crippen LogP contribution in [0.3, 0.4) is 0 Å². The number of benzene rings is 1. The van der Waals surface area contributed by atoms with Gasteiger partial charge in [0.15, 0.2) is 0 Å². The molecule has 6 nitrogen and oxygen atoms in total. The van der Waals surface area contributed by atoms with E-state index in [4.69, 9.17) is 16.3 Å². The van der Waals surface area contributed by atoms with Gasteiger partial charge in [-0.2, -0.15) is 0 Å². The average Bonchev–Trinajstić information content (AvgIpc) is 2.42. The number of nitrogens with one attached hydrogen (secondary N) is 1. The Morgan fingerprint density at radius 1 is 1.27 bits per heavy atom. The van der Waals surface area contributed by atoms with Crippen LogP contribution < -0.4 is 10.1 Å². The molecule has 2 unspecified atom stereocenters. The smallest absolute Gasteiger partial charge is 0.444 e. The van der Waals surface area contributed by atoms with E-state index in [9.17, 15) is 28.2 Å². The molecule has 0 aromatic heterocycles. The highest BCUT2D eigenvalue weighted by Gasteiger charge is 2.31. The molecule has 0 bridgehead atoms.